The molecule has 1 saturated heterocycles. The first-order chi connectivity index (χ1) is 6.84. The Bertz CT molecular complexity index is 281. The van der Waals surface area contributed by atoms with Crippen LogP contribution in [0.2, 0.25) is 4.34 Å². The Labute approximate surface area is 93.7 Å². The predicted octanol–water partition coefficient (Wildman–Crippen LogP) is 2.24. The molecule has 2 rings (SSSR count). The molecule has 78 valence electrons. The fourth-order valence-electron chi connectivity index (χ4n) is 1.75. The van der Waals surface area contributed by atoms with Crippen molar-refractivity contribution in [2.75, 3.05) is 13.1 Å². The van der Waals surface area contributed by atoms with E-state index in [9.17, 15) is 0 Å². The van der Waals surface area contributed by atoms with Gasteiger partial charge in [-0.15, -0.1) is 11.3 Å². The minimum atomic E-state index is 0.672. The molecule has 0 spiro atoms. The Morgan fingerprint density at radius 2 is 2.50 bits per heavy atom. The molecule has 4 heteroatoms. The highest BCUT2D eigenvalue weighted by molar-refractivity contribution is 7.16. The van der Waals surface area contributed by atoms with Gasteiger partial charge in [0.05, 0.1) is 4.34 Å². The van der Waals surface area contributed by atoms with Gasteiger partial charge in [0.25, 0.3) is 0 Å². The second-order valence-corrected chi connectivity index (χ2v) is 5.43. The normalized spacial score (nSPS) is 21.6. The van der Waals surface area contributed by atoms with Crippen molar-refractivity contribution in [2.45, 2.75) is 25.4 Å². The van der Waals surface area contributed by atoms with Crippen LogP contribution in [-0.2, 0) is 6.54 Å². The number of thiophene rings is 1. The van der Waals surface area contributed by atoms with Crippen LogP contribution in [-0.4, -0.2) is 19.1 Å². The lowest BCUT2D eigenvalue weighted by atomic mass is 10.2. The summed E-state index contributed by atoms with van der Waals surface area (Å²) in [6.45, 7) is 3.18. The van der Waals surface area contributed by atoms with Crippen molar-refractivity contribution < 1.29 is 0 Å². The van der Waals surface area contributed by atoms with Crippen LogP contribution in [0.4, 0.5) is 0 Å². The topological polar surface area (TPSA) is 24.1 Å². The molecule has 0 saturated carbocycles. The Kier molecular flexibility index (Phi) is 3.81. The van der Waals surface area contributed by atoms with Crippen molar-refractivity contribution >= 4 is 22.9 Å². The maximum absolute atomic E-state index is 5.84. The standard InChI is InChI=1S/C10H15ClN2S/c11-10-4-3-9(14-10)7-12-6-8-2-1-5-13-8/h3-4,8,12-13H,1-2,5-7H2. The van der Waals surface area contributed by atoms with Gasteiger partial charge in [-0.25, -0.2) is 0 Å². The van der Waals surface area contributed by atoms with Crippen molar-refractivity contribution in [3.05, 3.63) is 21.3 Å². The molecule has 1 aliphatic heterocycles. The summed E-state index contributed by atoms with van der Waals surface area (Å²) in [6.07, 6.45) is 2.62. The fraction of sp³-hybridized carbons (Fsp3) is 0.600. The van der Waals surface area contributed by atoms with Gasteiger partial charge < -0.3 is 10.6 Å². The SMILES string of the molecule is Clc1ccc(CNCC2CCCN2)s1. The summed E-state index contributed by atoms with van der Waals surface area (Å²) in [5.41, 5.74) is 0. The highest BCUT2D eigenvalue weighted by Gasteiger charge is 2.12. The second-order valence-electron chi connectivity index (χ2n) is 3.63. The number of rotatable bonds is 4. The van der Waals surface area contributed by atoms with Crippen molar-refractivity contribution in [1.29, 1.82) is 0 Å². The number of hydrogen-bond donors (Lipinski definition) is 2. The van der Waals surface area contributed by atoms with E-state index < -0.39 is 0 Å². The highest BCUT2D eigenvalue weighted by atomic mass is 35.5. The van der Waals surface area contributed by atoms with Gasteiger partial charge in [0.1, 0.15) is 0 Å². The van der Waals surface area contributed by atoms with E-state index in [1.165, 1.54) is 24.3 Å². The van der Waals surface area contributed by atoms with Gasteiger partial charge in [0.15, 0.2) is 0 Å². The van der Waals surface area contributed by atoms with E-state index in [4.69, 9.17) is 11.6 Å². The van der Waals surface area contributed by atoms with Gasteiger partial charge in [-0.1, -0.05) is 11.6 Å². The summed E-state index contributed by atoms with van der Waals surface area (Å²) < 4.78 is 0.876. The van der Waals surface area contributed by atoms with Crippen LogP contribution < -0.4 is 10.6 Å². The minimum absolute atomic E-state index is 0.672. The molecule has 0 aromatic carbocycles. The molecule has 14 heavy (non-hydrogen) atoms. The number of hydrogen-bond acceptors (Lipinski definition) is 3. The van der Waals surface area contributed by atoms with Gasteiger partial charge in [-0.2, -0.15) is 0 Å². The smallest absolute Gasteiger partial charge is 0.0931 e. The molecule has 2 N–H and O–H groups in total. The van der Waals surface area contributed by atoms with Crippen LogP contribution in [0, 0.1) is 0 Å². The van der Waals surface area contributed by atoms with E-state index in [1.54, 1.807) is 11.3 Å². The van der Waals surface area contributed by atoms with Crippen LogP contribution in [0.3, 0.4) is 0 Å². The monoisotopic (exact) mass is 230 g/mol. The highest BCUT2D eigenvalue weighted by Crippen LogP contribution is 2.20. The molecule has 1 aromatic rings. The van der Waals surface area contributed by atoms with Crippen LogP contribution in [0.1, 0.15) is 17.7 Å². The number of halogens is 1. The fourth-order valence-corrected chi connectivity index (χ4v) is 2.80. The minimum Gasteiger partial charge on any atom is -0.313 e. The molecule has 1 aromatic heterocycles. The molecule has 2 heterocycles. The first-order valence-corrected chi connectivity index (χ1v) is 6.22. The van der Waals surface area contributed by atoms with Crippen LogP contribution in [0.25, 0.3) is 0 Å². The Morgan fingerprint density at radius 1 is 1.57 bits per heavy atom. The molecule has 0 amide bonds. The third-order valence-corrected chi connectivity index (χ3v) is 3.71. The molecule has 0 radical (unpaired) electrons. The summed E-state index contributed by atoms with van der Waals surface area (Å²) >= 11 is 7.50. The molecule has 2 nitrogen and oxygen atoms in total. The lowest BCUT2D eigenvalue weighted by Crippen LogP contribution is -2.33. The van der Waals surface area contributed by atoms with Crippen molar-refractivity contribution in [1.82, 2.24) is 10.6 Å². The molecule has 1 atom stereocenters. The van der Waals surface area contributed by atoms with E-state index in [2.05, 4.69) is 16.7 Å². The van der Waals surface area contributed by atoms with Crippen LogP contribution >= 0.6 is 22.9 Å². The zero-order chi connectivity index (χ0) is 9.80. The Morgan fingerprint density at radius 3 is 3.14 bits per heavy atom. The van der Waals surface area contributed by atoms with Gasteiger partial charge >= 0.3 is 0 Å². The van der Waals surface area contributed by atoms with Crippen molar-refractivity contribution in [3.8, 4) is 0 Å². The van der Waals surface area contributed by atoms with E-state index in [0.29, 0.717) is 6.04 Å². The van der Waals surface area contributed by atoms with Crippen molar-refractivity contribution in [3.63, 3.8) is 0 Å². The maximum Gasteiger partial charge on any atom is 0.0931 e. The van der Waals surface area contributed by atoms with Gasteiger partial charge in [0, 0.05) is 24.0 Å². The Hall–Kier alpha value is -0.0900. The van der Waals surface area contributed by atoms with E-state index >= 15 is 0 Å². The van der Waals surface area contributed by atoms with Crippen LogP contribution in [0.15, 0.2) is 12.1 Å². The average molecular weight is 231 g/mol. The van der Waals surface area contributed by atoms with E-state index in [-0.39, 0.29) is 0 Å². The average Bonchev–Trinajstić information content (AvgIpc) is 2.77. The third-order valence-electron chi connectivity index (χ3n) is 2.48. The molecular weight excluding hydrogens is 216 g/mol. The lowest BCUT2D eigenvalue weighted by molar-refractivity contribution is 0.537. The van der Waals surface area contributed by atoms with Gasteiger partial charge in [-0.05, 0) is 31.5 Å². The van der Waals surface area contributed by atoms with Gasteiger partial charge in [-0.3, -0.25) is 0 Å². The Balaban J connectivity index is 1.67. The second kappa shape index (κ2) is 5.12. The zero-order valence-electron chi connectivity index (χ0n) is 8.05. The molecule has 0 aliphatic carbocycles. The summed E-state index contributed by atoms with van der Waals surface area (Å²) in [7, 11) is 0. The van der Waals surface area contributed by atoms with Crippen LogP contribution in [0.5, 0.6) is 0 Å². The van der Waals surface area contributed by atoms with Crippen molar-refractivity contribution in [2.24, 2.45) is 0 Å². The largest absolute Gasteiger partial charge is 0.313 e. The maximum atomic E-state index is 5.84. The van der Waals surface area contributed by atoms with Gasteiger partial charge in [0.2, 0.25) is 0 Å². The van der Waals surface area contributed by atoms with E-state index in [1.807, 2.05) is 6.07 Å². The summed E-state index contributed by atoms with van der Waals surface area (Å²) in [5, 5.41) is 6.91. The molecular formula is C10H15ClN2S. The lowest BCUT2D eigenvalue weighted by Gasteiger charge is -2.10. The third kappa shape index (κ3) is 2.95. The zero-order valence-corrected chi connectivity index (χ0v) is 9.63. The molecule has 1 aliphatic rings. The molecule has 0 bridgehead atoms. The molecule has 1 unspecified atom stereocenters. The van der Waals surface area contributed by atoms with E-state index in [0.717, 1.165) is 17.4 Å². The first kappa shape index (κ1) is 10.4. The number of nitrogens with one attached hydrogen (secondary N) is 2. The quantitative estimate of drug-likeness (QED) is 0.829. The first-order valence-electron chi connectivity index (χ1n) is 5.03. The summed E-state index contributed by atoms with van der Waals surface area (Å²) in [6, 6.07) is 4.71. The predicted molar refractivity (Wildman–Crippen MR) is 62.1 cm³/mol. The summed E-state index contributed by atoms with van der Waals surface area (Å²) in [4.78, 5) is 1.31. The summed E-state index contributed by atoms with van der Waals surface area (Å²) in [5.74, 6) is 0. The molecule has 1 fully saturated rings.